The quantitative estimate of drug-likeness (QED) is 0.798. The molecule has 2 rings (SSSR count). The Bertz CT molecular complexity index is 601. The summed E-state index contributed by atoms with van der Waals surface area (Å²) in [5, 5.41) is 1.98. The normalized spacial score (nSPS) is 23.5. The smallest absolute Gasteiger partial charge is 0.258 e. The Kier molecular flexibility index (Phi) is 4.95. The third-order valence-corrected chi connectivity index (χ3v) is 5.43. The van der Waals surface area contributed by atoms with Crippen molar-refractivity contribution in [2.75, 3.05) is 25.2 Å². The number of sulfone groups is 1. The van der Waals surface area contributed by atoms with E-state index in [-0.39, 0.29) is 18.1 Å². The molecule has 6 nitrogen and oxygen atoms in total. The summed E-state index contributed by atoms with van der Waals surface area (Å²) in [6, 6.07) is 6.22. The second-order valence-corrected chi connectivity index (χ2v) is 7.45. The highest BCUT2D eigenvalue weighted by atomic mass is 35.5. The van der Waals surface area contributed by atoms with E-state index in [9.17, 15) is 13.2 Å². The Labute approximate surface area is 128 Å². The zero-order chi connectivity index (χ0) is 15.5. The molecule has 8 heteroatoms. The van der Waals surface area contributed by atoms with Crippen LogP contribution in [0.2, 0.25) is 0 Å². The van der Waals surface area contributed by atoms with E-state index >= 15 is 0 Å². The number of rotatable bonds is 5. The van der Waals surface area contributed by atoms with E-state index in [1.165, 1.54) is 0 Å². The van der Waals surface area contributed by atoms with Crippen LogP contribution in [-0.4, -0.2) is 51.0 Å². The van der Waals surface area contributed by atoms with E-state index in [2.05, 4.69) is 5.32 Å². The predicted octanol–water partition coefficient (Wildman–Crippen LogP) is 0.595. The average Bonchev–Trinajstić information content (AvgIpc) is 2.69. The van der Waals surface area contributed by atoms with Gasteiger partial charge in [0.15, 0.2) is 16.4 Å². The summed E-state index contributed by atoms with van der Waals surface area (Å²) in [7, 11) is -1.61. The van der Waals surface area contributed by atoms with E-state index in [4.69, 9.17) is 21.1 Å². The lowest BCUT2D eigenvalue weighted by Crippen LogP contribution is -2.42. The number of hydrogen-bond donors (Lipinski definition) is 1. The lowest BCUT2D eigenvalue weighted by atomic mass is 10.2. The van der Waals surface area contributed by atoms with Crippen LogP contribution in [0.15, 0.2) is 24.3 Å². The molecule has 1 saturated heterocycles. The van der Waals surface area contributed by atoms with Gasteiger partial charge < -0.3 is 14.8 Å². The van der Waals surface area contributed by atoms with E-state index in [0.717, 1.165) is 0 Å². The van der Waals surface area contributed by atoms with Crippen molar-refractivity contribution in [2.45, 2.75) is 11.4 Å². The fourth-order valence-electron chi connectivity index (χ4n) is 2.01. The maximum Gasteiger partial charge on any atom is 0.258 e. The Morgan fingerprint density at radius 2 is 1.90 bits per heavy atom. The number of alkyl halides is 1. The molecule has 1 heterocycles. The Morgan fingerprint density at radius 1 is 1.29 bits per heavy atom. The van der Waals surface area contributed by atoms with Gasteiger partial charge in [-0.1, -0.05) is 0 Å². The number of carbonyl (C=O) groups excluding carboxylic acids is 1. The molecule has 1 aliphatic heterocycles. The second-order valence-electron chi connectivity index (χ2n) is 4.73. The predicted molar refractivity (Wildman–Crippen MR) is 78.7 cm³/mol. The fraction of sp³-hybridized carbons (Fsp3) is 0.462. The monoisotopic (exact) mass is 333 g/mol. The molecular weight excluding hydrogens is 318 g/mol. The largest absolute Gasteiger partial charge is 0.497 e. The third-order valence-electron chi connectivity index (χ3n) is 3.06. The standard InChI is InChI=1S/C13H16ClNO5S/c1-19-9-2-4-10(5-3-9)20-6-13(16)15-12-8-21(17,18)7-11(12)14/h2-5,11-12H,6-8H2,1H3,(H,15,16). The molecule has 0 bridgehead atoms. The lowest BCUT2D eigenvalue weighted by molar-refractivity contribution is -0.123. The van der Waals surface area contributed by atoms with Crippen LogP contribution in [0, 0.1) is 0 Å². The summed E-state index contributed by atoms with van der Waals surface area (Å²) < 4.78 is 33.1. The first-order valence-electron chi connectivity index (χ1n) is 6.30. The van der Waals surface area contributed by atoms with Crippen LogP contribution in [0.25, 0.3) is 0 Å². The Hall–Kier alpha value is -1.47. The minimum absolute atomic E-state index is 0.112. The van der Waals surface area contributed by atoms with Crippen LogP contribution in [0.3, 0.4) is 0 Å². The number of carbonyl (C=O) groups is 1. The molecule has 0 aromatic heterocycles. The molecule has 116 valence electrons. The summed E-state index contributed by atoms with van der Waals surface area (Å²) in [5.74, 6) is 0.563. The molecule has 0 saturated carbocycles. The SMILES string of the molecule is COc1ccc(OCC(=O)NC2CS(=O)(=O)CC2Cl)cc1. The van der Waals surface area contributed by atoms with Gasteiger partial charge in [-0.2, -0.15) is 0 Å². The molecule has 1 fully saturated rings. The summed E-state index contributed by atoms with van der Waals surface area (Å²) in [5.41, 5.74) is 0. The second kappa shape index (κ2) is 6.53. The number of hydrogen-bond acceptors (Lipinski definition) is 5. The first kappa shape index (κ1) is 15.9. The molecule has 2 unspecified atom stereocenters. The van der Waals surface area contributed by atoms with Gasteiger partial charge in [0.05, 0.1) is 30.0 Å². The summed E-state index contributed by atoms with van der Waals surface area (Å²) >= 11 is 5.91. The van der Waals surface area contributed by atoms with Gasteiger partial charge in [0.25, 0.3) is 5.91 Å². The molecule has 1 aromatic carbocycles. The number of ether oxygens (including phenoxy) is 2. The van der Waals surface area contributed by atoms with E-state index in [1.54, 1.807) is 31.4 Å². The molecule has 1 aliphatic rings. The lowest BCUT2D eigenvalue weighted by Gasteiger charge is -2.14. The van der Waals surface area contributed by atoms with Crippen LogP contribution in [0.4, 0.5) is 0 Å². The van der Waals surface area contributed by atoms with Crippen LogP contribution in [-0.2, 0) is 14.6 Å². The van der Waals surface area contributed by atoms with Crippen LogP contribution >= 0.6 is 11.6 Å². The third kappa shape index (κ3) is 4.50. The maximum absolute atomic E-state index is 11.7. The van der Waals surface area contributed by atoms with Crippen molar-refractivity contribution < 1.29 is 22.7 Å². The topological polar surface area (TPSA) is 81.7 Å². The van der Waals surface area contributed by atoms with Crippen LogP contribution < -0.4 is 14.8 Å². The van der Waals surface area contributed by atoms with Crippen molar-refractivity contribution >= 4 is 27.3 Å². The molecule has 0 radical (unpaired) electrons. The Balaban J connectivity index is 1.82. The van der Waals surface area contributed by atoms with Gasteiger partial charge in [0.2, 0.25) is 0 Å². The van der Waals surface area contributed by atoms with E-state index < -0.39 is 27.2 Å². The zero-order valence-corrected chi connectivity index (χ0v) is 13.0. The highest BCUT2D eigenvalue weighted by Gasteiger charge is 2.37. The maximum atomic E-state index is 11.7. The van der Waals surface area contributed by atoms with Gasteiger partial charge in [-0.05, 0) is 24.3 Å². The van der Waals surface area contributed by atoms with Gasteiger partial charge in [-0.3, -0.25) is 4.79 Å². The number of amides is 1. The van der Waals surface area contributed by atoms with Crippen molar-refractivity contribution in [2.24, 2.45) is 0 Å². The van der Waals surface area contributed by atoms with E-state index in [1.807, 2.05) is 0 Å². The first-order chi connectivity index (χ1) is 9.89. The molecule has 1 N–H and O–H groups in total. The summed E-state index contributed by atoms with van der Waals surface area (Å²) in [4.78, 5) is 11.7. The number of methoxy groups -OCH3 is 1. The number of benzene rings is 1. The molecular formula is C13H16ClNO5S. The van der Waals surface area contributed by atoms with Crippen LogP contribution in [0.5, 0.6) is 11.5 Å². The van der Waals surface area contributed by atoms with Crippen molar-refractivity contribution in [1.82, 2.24) is 5.32 Å². The molecule has 0 spiro atoms. The van der Waals surface area contributed by atoms with E-state index in [0.29, 0.717) is 11.5 Å². The minimum atomic E-state index is -3.17. The van der Waals surface area contributed by atoms with Crippen molar-refractivity contribution in [3.63, 3.8) is 0 Å². The molecule has 0 aliphatic carbocycles. The fourth-order valence-corrected chi connectivity index (χ4v) is 4.56. The first-order valence-corrected chi connectivity index (χ1v) is 8.56. The van der Waals surface area contributed by atoms with Gasteiger partial charge in [0, 0.05) is 0 Å². The van der Waals surface area contributed by atoms with Crippen molar-refractivity contribution in [3.05, 3.63) is 24.3 Å². The molecule has 21 heavy (non-hydrogen) atoms. The number of nitrogens with one attached hydrogen (secondary N) is 1. The summed E-state index contributed by atoms with van der Waals surface area (Å²) in [6.07, 6.45) is 0. The van der Waals surface area contributed by atoms with Gasteiger partial charge in [-0.25, -0.2) is 8.42 Å². The molecule has 1 aromatic rings. The number of halogens is 1. The van der Waals surface area contributed by atoms with Gasteiger partial charge in [0.1, 0.15) is 11.5 Å². The molecule has 2 atom stereocenters. The van der Waals surface area contributed by atoms with Gasteiger partial charge >= 0.3 is 0 Å². The zero-order valence-electron chi connectivity index (χ0n) is 11.4. The average molecular weight is 334 g/mol. The van der Waals surface area contributed by atoms with Crippen molar-refractivity contribution in [3.8, 4) is 11.5 Å². The van der Waals surface area contributed by atoms with Gasteiger partial charge in [-0.15, -0.1) is 11.6 Å². The molecule has 1 amide bonds. The summed E-state index contributed by atoms with van der Waals surface area (Å²) in [6.45, 7) is -0.202. The Morgan fingerprint density at radius 3 is 2.43 bits per heavy atom. The highest BCUT2D eigenvalue weighted by molar-refractivity contribution is 7.91. The van der Waals surface area contributed by atoms with Crippen LogP contribution in [0.1, 0.15) is 0 Å². The highest BCUT2D eigenvalue weighted by Crippen LogP contribution is 2.19. The van der Waals surface area contributed by atoms with Crippen molar-refractivity contribution in [1.29, 1.82) is 0 Å². The minimum Gasteiger partial charge on any atom is -0.497 e.